The molecule has 0 saturated heterocycles. The molecule has 0 unspecified atom stereocenters. The van der Waals surface area contributed by atoms with Gasteiger partial charge in [0.15, 0.2) is 17.5 Å². The molecule has 5 heteroatoms. The summed E-state index contributed by atoms with van der Waals surface area (Å²) in [5, 5.41) is 1.49. The minimum Gasteiger partial charge on any atom is -0.455 e. The van der Waals surface area contributed by atoms with Gasteiger partial charge in [-0.25, -0.2) is 15.0 Å². The van der Waals surface area contributed by atoms with E-state index in [0.29, 0.717) is 45.3 Å². The fourth-order valence-corrected chi connectivity index (χ4v) is 7.14. The summed E-state index contributed by atoms with van der Waals surface area (Å²) in [5.74, 6) is 1.06. The molecule has 0 aliphatic heterocycles. The summed E-state index contributed by atoms with van der Waals surface area (Å²) in [6.07, 6.45) is 0. The van der Waals surface area contributed by atoms with E-state index in [9.17, 15) is 4.11 Å². The SMILES string of the molecule is [2H]c1c([2H])c([2H])c(-n2c3c([2H])c([2H])c([2H])c([2H])c3c3c([2H])c(-c4ccc(-c5nc(-c6ccc(-c7ccccc7)cc6)nc(-c6cccc7c6oc6ccccc67)n5)cc4)c([2H])c([2H])c32)c([2H])c1[2H]. The predicted octanol–water partition coefficient (Wildman–Crippen LogP) is 13.2. The highest BCUT2D eigenvalue weighted by Crippen LogP contribution is 2.38. The molecular weight excluding hydrogens is 685 g/mol. The van der Waals surface area contributed by atoms with Crippen molar-refractivity contribution in [1.29, 1.82) is 0 Å². The molecule has 0 saturated carbocycles. The van der Waals surface area contributed by atoms with Gasteiger partial charge in [0.25, 0.3) is 0 Å². The van der Waals surface area contributed by atoms with Crippen LogP contribution in [0.1, 0.15) is 16.4 Å². The lowest BCUT2D eigenvalue weighted by atomic mass is 10.0. The third-order valence-electron chi connectivity index (χ3n) is 9.83. The Kier molecular flexibility index (Phi) is 5.10. The minimum atomic E-state index is -0.706. The van der Waals surface area contributed by atoms with E-state index in [1.165, 1.54) is 0 Å². The van der Waals surface area contributed by atoms with Crippen LogP contribution in [-0.4, -0.2) is 19.5 Å². The van der Waals surface area contributed by atoms with Gasteiger partial charge in [-0.3, -0.25) is 0 Å². The van der Waals surface area contributed by atoms with Crippen molar-refractivity contribution in [2.45, 2.75) is 0 Å². The maximum Gasteiger partial charge on any atom is 0.167 e. The smallest absolute Gasteiger partial charge is 0.167 e. The summed E-state index contributed by atoms with van der Waals surface area (Å²) < 4.78 is 113. The maximum atomic E-state index is 9.62. The second-order valence-electron chi connectivity index (χ2n) is 13.1. The molecule has 3 aromatic heterocycles. The summed E-state index contributed by atoms with van der Waals surface area (Å²) in [6.45, 7) is 0. The molecular formula is C51H32N4O. The lowest BCUT2D eigenvalue weighted by Gasteiger charge is -2.10. The van der Waals surface area contributed by atoms with E-state index in [2.05, 4.69) is 0 Å². The van der Waals surface area contributed by atoms with Gasteiger partial charge in [-0.1, -0.05) is 151 Å². The highest BCUT2D eigenvalue weighted by atomic mass is 16.3. The number of aromatic nitrogens is 4. The van der Waals surface area contributed by atoms with Crippen LogP contribution < -0.4 is 0 Å². The molecule has 56 heavy (non-hydrogen) atoms. The Bertz CT molecular complexity index is 3900. The number of furan rings is 1. The average Bonchev–Trinajstić information content (AvgIpc) is 3.93. The van der Waals surface area contributed by atoms with Gasteiger partial charge < -0.3 is 8.98 Å². The fourth-order valence-electron chi connectivity index (χ4n) is 7.14. The summed E-state index contributed by atoms with van der Waals surface area (Å²) in [7, 11) is 0. The summed E-state index contributed by atoms with van der Waals surface area (Å²) in [4.78, 5) is 14.9. The average molecular weight is 729 g/mol. The molecule has 11 rings (SSSR count). The van der Waals surface area contributed by atoms with Gasteiger partial charge in [-0.2, -0.15) is 0 Å². The summed E-state index contributed by atoms with van der Waals surface area (Å²) in [5.41, 5.74) is 4.56. The predicted molar refractivity (Wildman–Crippen MR) is 229 cm³/mol. The normalized spacial score (nSPS) is 14.6. The van der Waals surface area contributed by atoms with Crippen molar-refractivity contribution in [1.82, 2.24) is 19.5 Å². The fraction of sp³-hybridized carbons (Fsp3) is 0. The van der Waals surface area contributed by atoms with Crippen LogP contribution in [-0.2, 0) is 0 Å². The van der Waals surface area contributed by atoms with Crippen LogP contribution in [0.5, 0.6) is 0 Å². The zero-order valence-electron chi connectivity index (χ0n) is 41.2. The van der Waals surface area contributed by atoms with E-state index in [1.807, 2.05) is 97.1 Å². The number of benzene rings is 8. The third kappa shape index (κ3) is 5.37. The van der Waals surface area contributed by atoms with Crippen molar-refractivity contribution < 1.29 is 20.9 Å². The quantitative estimate of drug-likeness (QED) is 0.171. The summed E-state index contributed by atoms with van der Waals surface area (Å²) >= 11 is 0. The first kappa shape index (κ1) is 21.9. The molecule has 0 bridgehead atoms. The number of nitrogens with zero attached hydrogens (tertiary/aromatic N) is 4. The van der Waals surface area contributed by atoms with Gasteiger partial charge in [0, 0.05) is 38.4 Å². The van der Waals surface area contributed by atoms with Crippen molar-refractivity contribution in [3.05, 3.63) is 194 Å². The van der Waals surface area contributed by atoms with E-state index >= 15 is 0 Å². The molecule has 0 N–H and O–H groups in total. The van der Waals surface area contributed by atoms with Crippen LogP contribution in [0.15, 0.2) is 198 Å². The second kappa shape index (κ2) is 13.0. The van der Waals surface area contributed by atoms with Crippen LogP contribution in [0.25, 0.3) is 106 Å². The van der Waals surface area contributed by atoms with Crippen molar-refractivity contribution >= 4 is 43.7 Å². The minimum absolute atomic E-state index is 0.0336. The van der Waals surface area contributed by atoms with Crippen LogP contribution in [0, 0.1) is 0 Å². The first-order valence-corrected chi connectivity index (χ1v) is 17.8. The van der Waals surface area contributed by atoms with E-state index in [0.717, 1.165) is 32.0 Å². The molecule has 0 aliphatic carbocycles. The van der Waals surface area contributed by atoms with Crippen LogP contribution in [0.4, 0.5) is 0 Å². The van der Waals surface area contributed by atoms with Gasteiger partial charge in [-0.15, -0.1) is 0 Å². The van der Waals surface area contributed by atoms with E-state index in [-0.39, 0.29) is 33.4 Å². The molecule has 0 fully saturated rings. The van der Waals surface area contributed by atoms with E-state index in [4.69, 9.17) is 31.7 Å². The van der Waals surface area contributed by atoms with Gasteiger partial charge >= 0.3 is 0 Å². The number of hydrogen-bond donors (Lipinski definition) is 0. The highest BCUT2D eigenvalue weighted by molar-refractivity contribution is 6.11. The molecule has 3 heterocycles. The Morgan fingerprint density at radius 2 is 1.00 bits per heavy atom. The Balaban J connectivity index is 1.10. The Morgan fingerprint density at radius 3 is 1.77 bits per heavy atom. The van der Waals surface area contributed by atoms with Gasteiger partial charge in [-0.05, 0) is 64.6 Å². The molecule has 0 aliphatic rings. The number of hydrogen-bond acceptors (Lipinski definition) is 4. The van der Waals surface area contributed by atoms with Crippen LogP contribution >= 0.6 is 0 Å². The zero-order chi connectivity index (χ0) is 47.4. The lowest BCUT2D eigenvalue weighted by Crippen LogP contribution is -2.00. The second-order valence-corrected chi connectivity index (χ2v) is 13.1. The molecule has 262 valence electrons. The number of fused-ring (bicyclic) bond motifs is 6. The maximum absolute atomic E-state index is 9.62. The first-order valence-electron chi connectivity index (χ1n) is 23.8. The number of para-hydroxylation sites is 4. The van der Waals surface area contributed by atoms with E-state index < -0.39 is 72.2 Å². The summed E-state index contributed by atoms with van der Waals surface area (Å²) in [6, 6.07) is 30.9. The first-order chi connectivity index (χ1) is 32.7. The Labute approximate surface area is 339 Å². The van der Waals surface area contributed by atoms with Crippen molar-refractivity contribution in [2.75, 3.05) is 0 Å². The third-order valence-corrected chi connectivity index (χ3v) is 9.83. The van der Waals surface area contributed by atoms with Crippen molar-refractivity contribution in [3.63, 3.8) is 0 Å². The molecule has 0 amide bonds. The highest BCUT2D eigenvalue weighted by Gasteiger charge is 2.18. The molecule has 5 nitrogen and oxygen atoms in total. The van der Waals surface area contributed by atoms with Gasteiger partial charge in [0.05, 0.1) is 33.0 Å². The van der Waals surface area contributed by atoms with Crippen LogP contribution in [0.2, 0.25) is 0 Å². The topological polar surface area (TPSA) is 56.7 Å². The zero-order valence-corrected chi connectivity index (χ0v) is 29.2. The molecule has 11 aromatic rings. The van der Waals surface area contributed by atoms with Gasteiger partial charge in [0.2, 0.25) is 0 Å². The van der Waals surface area contributed by atoms with Crippen molar-refractivity contribution in [2.24, 2.45) is 0 Å². The Hall–Kier alpha value is -7.63. The lowest BCUT2D eigenvalue weighted by molar-refractivity contribution is 0.669. The number of rotatable bonds is 6. The van der Waals surface area contributed by atoms with Crippen LogP contribution in [0.3, 0.4) is 0 Å². The van der Waals surface area contributed by atoms with Crippen molar-refractivity contribution in [3.8, 4) is 62.1 Å². The van der Waals surface area contributed by atoms with E-state index in [1.54, 1.807) is 24.3 Å². The molecule has 8 aromatic carbocycles. The largest absolute Gasteiger partial charge is 0.455 e. The Morgan fingerprint density at radius 1 is 0.411 bits per heavy atom. The molecule has 0 spiro atoms. The molecule has 0 atom stereocenters. The molecule has 0 radical (unpaired) electrons. The monoisotopic (exact) mass is 728 g/mol. The van der Waals surface area contributed by atoms with Gasteiger partial charge in [0.1, 0.15) is 11.2 Å². The standard InChI is InChI=1S/C51H32N4O/c1-3-12-33(13-4-1)34-22-26-36(27-23-34)49-52-50(54-51(53-49)43-19-11-18-42-41-17-8-10-21-47(41)56-48(42)43)37-28-24-35(25-29-37)38-30-31-46-44(32-38)40-16-7-9-20-45(40)55(46)39-14-5-2-6-15-39/h1-32H/i2D,5D,6D,7D,9D,14D,15D,16D,20D,30D,31D,32D.